The van der Waals surface area contributed by atoms with Crippen molar-refractivity contribution >= 4 is 0 Å². The van der Waals surface area contributed by atoms with Crippen LogP contribution in [0.25, 0.3) is 0 Å². The highest BCUT2D eigenvalue weighted by Crippen LogP contribution is 2.28. The zero-order valence-electron chi connectivity index (χ0n) is 11.0. The lowest BCUT2D eigenvalue weighted by Gasteiger charge is -2.19. The topological polar surface area (TPSA) is 15.3 Å². The van der Waals surface area contributed by atoms with Crippen LogP contribution >= 0.6 is 0 Å². The standard InChI is InChI=1S/C14H28N2/c1-12(2)15-14-8-10-16(11-14)9-7-13-5-3-4-6-13/h12-15H,3-11H2,1-2H3. The maximum atomic E-state index is 3.66. The van der Waals surface area contributed by atoms with Gasteiger partial charge in [0.2, 0.25) is 0 Å². The molecule has 1 atom stereocenters. The SMILES string of the molecule is CC(C)NC1CCN(CCC2CCCC2)C1. The molecule has 1 aliphatic carbocycles. The first-order valence-electron chi connectivity index (χ1n) is 7.22. The first-order valence-corrected chi connectivity index (χ1v) is 7.22. The Bertz CT molecular complexity index is 197. The van der Waals surface area contributed by atoms with Crippen molar-refractivity contribution in [2.24, 2.45) is 5.92 Å². The molecule has 0 aromatic rings. The average Bonchev–Trinajstić information content (AvgIpc) is 2.84. The van der Waals surface area contributed by atoms with Gasteiger partial charge in [-0.2, -0.15) is 0 Å². The second-order valence-electron chi connectivity index (χ2n) is 6.05. The van der Waals surface area contributed by atoms with E-state index in [9.17, 15) is 0 Å². The van der Waals surface area contributed by atoms with E-state index in [1.54, 1.807) is 0 Å². The van der Waals surface area contributed by atoms with E-state index in [4.69, 9.17) is 0 Å². The van der Waals surface area contributed by atoms with Gasteiger partial charge >= 0.3 is 0 Å². The Kier molecular flexibility index (Phi) is 4.66. The van der Waals surface area contributed by atoms with Crippen molar-refractivity contribution in [1.82, 2.24) is 10.2 Å². The predicted molar refractivity (Wildman–Crippen MR) is 69.7 cm³/mol. The maximum Gasteiger partial charge on any atom is 0.0209 e. The summed E-state index contributed by atoms with van der Waals surface area (Å²) in [5, 5.41) is 3.66. The van der Waals surface area contributed by atoms with E-state index in [1.807, 2.05) is 0 Å². The summed E-state index contributed by atoms with van der Waals surface area (Å²) in [5.41, 5.74) is 0. The Hall–Kier alpha value is -0.0800. The number of hydrogen-bond donors (Lipinski definition) is 1. The summed E-state index contributed by atoms with van der Waals surface area (Å²) < 4.78 is 0. The molecule has 1 N–H and O–H groups in total. The fraction of sp³-hybridized carbons (Fsp3) is 1.00. The number of rotatable bonds is 5. The first kappa shape index (κ1) is 12.4. The molecular formula is C14H28N2. The zero-order valence-corrected chi connectivity index (χ0v) is 11.0. The predicted octanol–water partition coefficient (Wildman–Crippen LogP) is 2.64. The molecule has 0 amide bonds. The van der Waals surface area contributed by atoms with Gasteiger partial charge in [-0.15, -0.1) is 0 Å². The smallest absolute Gasteiger partial charge is 0.0209 e. The molecule has 0 spiro atoms. The molecular weight excluding hydrogens is 196 g/mol. The summed E-state index contributed by atoms with van der Waals surface area (Å²) in [4.78, 5) is 2.67. The molecule has 1 saturated carbocycles. The highest BCUT2D eigenvalue weighted by molar-refractivity contribution is 4.82. The molecule has 2 fully saturated rings. The average molecular weight is 224 g/mol. The quantitative estimate of drug-likeness (QED) is 0.772. The molecule has 0 bridgehead atoms. The molecule has 1 unspecified atom stereocenters. The van der Waals surface area contributed by atoms with Crippen LogP contribution in [0.5, 0.6) is 0 Å². The molecule has 2 nitrogen and oxygen atoms in total. The van der Waals surface area contributed by atoms with Crippen LogP contribution < -0.4 is 5.32 Å². The molecule has 1 heterocycles. The van der Waals surface area contributed by atoms with Crippen molar-refractivity contribution in [3.63, 3.8) is 0 Å². The van der Waals surface area contributed by atoms with Gasteiger partial charge in [0.1, 0.15) is 0 Å². The Labute approximate surface area is 101 Å². The van der Waals surface area contributed by atoms with Crippen molar-refractivity contribution in [3.8, 4) is 0 Å². The van der Waals surface area contributed by atoms with E-state index >= 15 is 0 Å². The van der Waals surface area contributed by atoms with Crippen LogP contribution in [0.3, 0.4) is 0 Å². The normalized spacial score (nSPS) is 28.3. The monoisotopic (exact) mass is 224 g/mol. The van der Waals surface area contributed by atoms with Crippen LogP contribution in [0.15, 0.2) is 0 Å². The number of likely N-dealkylation sites (tertiary alicyclic amines) is 1. The Morgan fingerprint density at radius 3 is 2.62 bits per heavy atom. The van der Waals surface area contributed by atoms with Crippen molar-refractivity contribution < 1.29 is 0 Å². The minimum atomic E-state index is 0.639. The van der Waals surface area contributed by atoms with Crippen molar-refractivity contribution in [2.75, 3.05) is 19.6 Å². The lowest BCUT2D eigenvalue weighted by Crippen LogP contribution is -2.37. The van der Waals surface area contributed by atoms with Crippen LogP contribution in [0.2, 0.25) is 0 Å². The van der Waals surface area contributed by atoms with E-state index in [-0.39, 0.29) is 0 Å². The third kappa shape index (κ3) is 3.74. The first-order chi connectivity index (χ1) is 7.74. The van der Waals surface area contributed by atoms with Gasteiger partial charge in [0.25, 0.3) is 0 Å². The Morgan fingerprint density at radius 1 is 1.19 bits per heavy atom. The van der Waals surface area contributed by atoms with Gasteiger partial charge in [-0.1, -0.05) is 39.5 Å². The van der Waals surface area contributed by atoms with Crippen molar-refractivity contribution in [2.45, 2.75) is 64.5 Å². The van der Waals surface area contributed by atoms with E-state index in [0.29, 0.717) is 6.04 Å². The maximum absolute atomic E-state index is 3.66. The van der Waals surface area contributed by atoms with Crippen LogP contribution in [0, 0.1) is 5.92 Å². The third-order valence-electron chi connectivity index (χ3n) is 4.17. The van der Waals surface area contributed by atoms with Gasteiger partial charge in [-0.3, -0.25) is 0 Å². The van der Waals surface area contributed by atoms with E-state index in [2.05, 4.69) is 24.1 Å². The van der Waals surface area contributed by atoms with Gasteiger partial charge in [0, 0.05) is 18.6 Å². The van der Waals surface area contributed by atoms with Gasteiger partial charge in [0.15, 0.2) is 0 Å². The summed E-state index contributed by atoms with van der Waals surface area (Å²) >= 11 is 0. The molecule has 0 aromatic carbocycles. The van der Waals surface area contributed by atoms with Gasteiger partial charge < -0.3 is 10.2 Å². The minimum Gasteiger partial charge on any atom is -0.310 e. The summed E-state index contributed by atoms with van der Waals surface area (Å²) in [5.74, 6) is 1.05. The van der Waals surface area contributed by atoms with E-state index < -0.39 is 0 Å². The fourth-order valence-electron chi connectivity index (χ4n) is 3.31. The van der Waals surface area contributed by atoms with Crippen LogP contribution in [0.1, 0.15) is 52.4 Å². The number of nitrogens with zero attached hydrogens (tertiary/aromatic N) is 1. The molecule has 16 heavy (non-hydrogen) atoms. The van der Waals surface area contributed by atoms with E-state index in [1.165, 1.54) is 58.2 Å². The van der Waals surface area contributed by atoms with Crippen LogP contribution in [-0.2, 0) is 0 Å². The molecule has 2 aliphatic rings. The Morgan fingerprint density at radius 2 is 1.94 bits per heavy atom. The largest absolute Gasteiger partial charge is 0.310 e. The molecule has 1 saturated heterocycles. The highest BCUT2D eigenvalue weighted by Gasteiger charge is 2.23. The molecule has 94 valence electrons. The summed E-state index contributed by atoms with van der Waals surface area (Å²) in [6.45, 7) is 8.45. The highest BCUT2D eigenvalue weighted by atomic mass is 15.2. The van der Waals surface area contributed by atoms with Gasteiger partial charge in [-0.05, 0) is 31.8 Å². The van der Waals surface area contributed by atoms with E-state index in [0.717, 1.165) is 12.0 Å². The van der Waals surface area contributed by atoms with Crippen LogP contribution in [-0.4, -0.2) is 36.6 Å². The molecule has 0 radical (unpaired) electrons. The zero-order chi connectivity index (χ0) is 11.4. The van der Waals surface area contributed by atoms with Crippen molar-refractivity contribution in [3.05, 3.63) is 0 Å². The molecule has 2 rings (SSSR count). The van der Waals surface area contributed by atoms with Gasteiger partial charge in [0.05, 0.1) is 0 Å². The third-order valence-corrected chi connectivity index (χ3v) is 4.17. The number of hydrogen-bond acceptors (Lipinski definition) is 2. The van der Waals surface area contributed by atoms with Gasteiger partial charge in [-0.25, -0.2) is 0 Å². The molecule has 2 heteroatoms. The number of nitrogens with one attached hydrogen (secondary N) is 1. The lowest BCUT2D eigenvalue weighted by atomic mass is 10.0. The second kappa shape index (κ2) is 6.02. The summed E-state index contributed by atoms with van der Waals surface area (Å²) in [6.07, 6.45) is 8.78. The fourth-order valence-corrected chi connectivity index (χ4v) is 3.31. The Balaban J connectivity index is 1.60. The minimum absolute atomic E-state index is 0.639. The molecule has 1 aliphatic heterocycles. The molecule has 0 aromatic heterocycles. The van der Waals surface area contributed by atoms with Crippen LogP contribution in [0.4, 0.5) is 0 Å². The summed E-state index contributed by atoms with van der Waals surface area (Å²) in [7, 11) is 0. The lowest BCUT2D eigenvalue weighted by molar-refractivity contribution is 0.293. The second-order valence-corrected chi connectivity index (χ2v) is 6.05. The summed E-state index contributed by atoms with van der Waals surface area (Å²) in [6, 6.07) is 1.39. The van der Waals surface area contributed by atoms with Crippen molar-refractivity contribution in [1.29, 1.82) is 0 Å².